The lowest BCUT2D eigenvalue weighted by molar-refractivity contribution is 0.258. The van der Waals surface area contributed by atoms with E-state index in [1.54, 1.807) is 0 Å². The summed E-state index contributed by atoms with van der Waals surface area (Å²) in [5.41, 5.74) is 0. The zero-order valence-electron chi connectivity index (χ0n) is 11.9. The Morgan fingerprint density at radius 2 is 1.95 bits per heavy atom. The summed E-state index contributed by atoms with van der Waals surface area (Å²) in [5.74, 6) is 2.16. The van der Waals surface area contributed by atoms with Crippen molar-refractivity contribution in [1.82, 2.24) is 9.97 Å². The Morgan fingerprint density at radius 3 is 2.47 bits per heavy atom. The van der Waals surface area contributed by atoms with Crippen molar-refractivity contribution in [3.63, 3.8) is 0 Å². The fourth-order valence-corrected chi connectivity index (χ4v) is 2.14. The molecular weight excluding hydrogens is 260 g/mol. The highest BCUT2D eigenvalue weighted by molar-refractivity contribution is 7.98. The summed E-state index contributed by atoms with van der Waals surface area (Å²) >= 11 is 1.53. The molecule has 0 fully saturated rings. The van der Waals surface area contributed by atoms with E-state index in [1.807, 2.05) is 19.2 Å². The van der Waals surface area contributed by atoms with Gasteiger partial charge in [0.15, 0.2) is 5.16 Å². The van der Waals surface area contributed by atoms with E-state index in [4.69, 9.17) is 5.11 Å². The molecule has 0 saturated carbocycles. The lowest BCUT2D eigenvalue weighted by Gasteiger charge is -2.15. The number of nitrogens with zero attached hydrogens (tertiary/aromatic N) is 2. The molecule has 1 unspecified atom stereocenters. The number of aliphatic hydroxyl groups excluding tert-OH is 1. The Kier molecular flexibility index (Phi) is 7.59. The van der Waals surface area contributed by atoms with E-state index >= 15 is 0 Å². The van der Waals surface area contributed by atoms with Crippen LogP contribution in [-0.2, 0) is 0 Å². The largest absolute Gasteiger partial charge is 0.396 e. The maximum atomic E-state index is 8.99. The van der Waals surface area contributed by atoms with E-state index in [2.05, 4.69) is 27.5 Å². The van der Waals surface area contributed by atoms with Gasteiger partial charge >= 0.3 is 0 Å². The third kappa shape index (κ3) is 5.65. The number of hydrogen-bond donors (Lipinski definition) is 3. The van der Waals surface area contributed by atoms with E-state index in [9.17, 15) is 0 Å². The van der Waals surface area contributed by atoms with Crippen molar-refractivity contribution >= 4 is 23.4 Å². The monoisotopic (exact) mass is 284 g/mol. The van der Waals surface area contributed by atoms with Gasteiger partial charge in [0.2, 0.25) is 0 Å². The first kappa shape index (κ1) is 16.0. The summed E-state index contributed by atoms with van der Waals surface area (Å²) in [7, 11) is 0. The molecule has 1 heterocycles. The topological polar surface area (TPSA) is 70.1 Å². The average molecular weight is 284 g/mol. The molecule has 0 bridgehead atoms. The highest BCUT2D eigenvalue weighted by Gasteiger charge is 2.08. The number of aliphatic hydroxyl groups is 1. The Bertz CT molecular complexity index is 376. The SMILES string of the molecule is CCNc1cc(NCC(CC)CCO)nc(SC)n1. The number of aromatic nitrogens is 2. The van der Waals surface area contributed by atoms with Crippen molar-refractivity contribution in [2.45, 2.75) is 31.8 Å². The first-order valence-electron chi connectivity index (χ1n) is 6.75. The number of rotatable bonds is 9. The quantitative estimate of drug-likeness (QED) is 0.478. The second kappa shape index (κ2) is 8.98. The smallest absolute Gasteiger partial charge is 0.191 e. The molecule has 3 N–H and O–H groups in total. The number of thioether (sulfide) groups is 1. The average Bonchev–Trinajstić information content (AvgIpc) is 2.43. The van der Waals surface area contributed by atoms with Gasteiger partial charge in [-0.25, -0.2) is 9.97 Å². The van der Waals surface area contributed by atoms with Crippen molar-refractivity contribution in [3.8, 4) is 0 Å². The van der Waals surface area contributed by atoms with Gasteiger partial charge in [-0.15, -0.1) is 0 Å². The van der Waals surface area contributed by atoms with Gasteiger partial charge in [-0.05, 0) is 25.5 Å². The van der Waals surface area contributed by atoms with Crippen LogP contribution in [-0.4, -0.2) is 41.0 Å². The molecule has 1 atom stereocenters. The van der Waals surface area contributed by atoms with Crippen LogP contribution in [0.1, 0.15) is 26.7 Å². The zero-order valence-corrected chi connectivity index (χ0v) is 12.8. The Morgan fingerprint density at radius 1 is 1.26 bits per heavy atom. The van der Waals surface area contributed by atoms with Gasteiger partial charge < -0.3 is 15.7 Å². The molecule has 108 valence electrons. The van der Waals surface area contributed by atoms with Gasteiger partial charge in [-0.2, -0.15) is 0 Å². The van der Waals surface area contributed by atoms with Gasteiger partial charge in [-0.1, -0.05) is 25.1 Å². The molecule has 5 nitrogen and oxygen atoms in total. The summed E-state index contributed by atoms with van der Waals surface area (Å²) in [4.78, 5) is 8.82. The van der Waals surface area contributed by atoms with Gasteiger partial charge in [0.25, 0.3) is 0 Å². The molecule has 0 radical (unpaired) electrons. The van der Waals surface area contributed by atoms with Gasteiger partial charge in [0.05, 0.1) is 0 Å². The summed E-state index contributed by atoms with van der Waals surface area (Å²) in [6, 6.07) is 1.93. The molecule has 0 aliphatic rings. The normalized spacial score (nSPS) is 12.2. The molecule has 6 heteroatoms. The number of anilines is 2. The summed E-state index contributed by atoms with van der Waals surface area (Å²) < 4.78 is 0. The lowest BCUT2D eigenvalue weighted by Crippen LogP contribution is -2.16. The second-order valence-corrected chi connectivity index (χ2v) is 5.10. The van der Waals surface area contributed by atoms with Crippen LogP contribution in [0.4, 0.5) is 11.6 Å². The fraction of sp³-hybridized carbons (Fsp3) is 0.692. The van der Waals surface area contributed by atoms with E-state index < -0.39 is 0 Å². The molecule has 0 aromatic carbocycles. The highest BCUT2D eigenvalue weighted by Crippen LogP contribution is 2.18. The summed E-state index contributed by atoms with van der Waals surface area (Å²) in [6.45, 7) is 6.09. The van der Waals surface area contributed by atoms with Crippen LogP contribution >= 0.6 is 11.8 Å². The minimum absolute atomic E-state index is 0.239. The first-order chi connectivity index (χ1) is 9.23. The van der Waals surface area contributed by atoms with Crippen molar-refractivity contribution in [1.29, 1.82) is 0 Å². The second-order valence-electron chi connectivity index (χ2n) is 4.32. The van der Waals surface area contributed by atoms with E-state index in [-0.39, 0.29) is 6.61 Å². The van der Waals surface area contributed by atoms with Crippen molar-refractivity contribution < 1.29 is 5.11 Å². The summed E-state index contributed by atoms with van der Waals surface area (Å²) in [5, 5.41) is 16.3. The fourth-order valence-electron chi connectivity index (χ4n) is 1.76. The Hall–Kier alpha value is -1.01. The van der Waals surface area contributed by atoms with Crippen LogP contribution in [0.3, 0.4) is 0 Å². The van der Waals surface area contributed by atoms with Crippen molar-refractivity contribution in [3.05, 3.63) is 6.07 Å². The van der Waals surface area contributed by atoms with Gasteiger partial charge in [-0.3, -0.25) is 0 Å². The molecular formula is C13H24N4OS. The molecule has 1 aromatic rings. The predicted octanol–water partition coefficient (Wildman–Crippen LogP) is 2.45. The van der Waals surface area contributed by atoms with E-state index in [1.165, 1.54) is 11.8 Å². The standard InChI is InChI=1S/C13H24N4OS/c1-4-10(6-7-18)9-15-12-8-11(14-5-2)16-13(17-12)19-3/h8,10,18H,4-7,9H2,1-3H3,(H2,14,15,16,17). The number of hydrogen-bond acceptors (Lipinski definition) is 6. The molecule has 19 heavy (non-hydrogen) atoms. The number of nitrogens with one attached hydrogen (secondary N) is 2. The molecule has 0 amide bonds. The molecule has 0 spiro atoms. The van der Waals surface area contributed by atoms with Crippen LogP contribution in [0.25, 0.3) is 0 Å². The lowest BCUT2D eigenvalue weighted by atomic mass is 10.0. The first-order valence-corrected chi connectivity index (χ1v) is 7.97. The predicted molar refractivity (Wildman–Crippen MR) is 82.0 cm³/mol. The van der Waals surface area contributed by atoms with Crippen LogP contribution < -0.4 is 10.6 Å². The minimum Gasteiger partial charge on any atom is -0.396 e. The molecule has 0 saturated heterocycles. The maximum absolute atomic E-state index is 8.99. The minimum atomic E-state index is 0.239. The van der Waals surface area contributed by atoms with Crippen LogP contribution in [0.15, 0.2) is 11.2 Å². The molecule has 0 aliphatic carbocycles. The summed E-state index contributed by atoms with van der Waals surface area (Å²) in [6.07, 6.45) is 3.84. The van der Waals surface area contributed by atoms with Crippen LogP contribution in [0.5, 0.6) is 0 Å². The van der Waals surface area contributed by atoms with E-state index in [0.29, 0.717) is 5.92 Å². The molecule has 1 rings (SSSR count). The highest BCUT2D eigenvalue weighted by atomic mass is 32.2. The van der Waals surface area contributed by atoms with Gasteiger partial charge in [0.1, 0.15) is 11.6 Å². The third-order valence-corrected chi connectivity index (χ3v) is 3.48. The Labute approximate surface area is 119 Å². The van der Waals surface area contributed by atoms with Crippen LogP contribution in [0, 0.1) is 5.92 Å². The zero-order chi connectivity index (χ0) is 14.1. The van der Waals surface area contributed by atoms with Gasteiger partial charge in [0, 0.05) is 25.8 Å². The maximum Gasteiger partial charge on any atom is 0.191 e. The van der Waals surface area contributed by atoms with Crippen molar-refractivity contribution in [2.24, 2.45) is 5.92 Å². The molecule has 0 aliphatic heterocycles. The Balaban J connectivity index is 2.67. The third-order valence-electron chi connectivity index (χ3n) is 2.93. The van der Waals surface area contributed by atoms with Crippen LogP contribution in [0.2, 0.25) is 0 Å². The van der Waals surface area contributed by atoms with E-state index in [0.717, 1.165) is 42.7 Å². The van der Waals surface area contributed by atoms with Crippen molar-refractivity contribution in [2.75, 3.05) is 36.6 Å². The molecule has 1 aromatic heterocycles.